The second kappa shape index (κ2) is 8.11. The number of halogens is 4. The summed E-state index contributed by atoms with van der Waals surface area (Å²) >= 11 is 0. The molecule has 156 valence electrons. The normalized spacial score (nSPS) is 16.6. The molecular weight excluding hydrogens is 412 g/mol. The molecule has 1 aliphatic rings. The van der Waals surface area contributed by atoms with E-state index in [1.165, 1.54) is 28.6 Å². The van der Waals surface area contributed by atoms with Gasteiger partial charge >= 0.3 is 6.18 Å². The van der Waals surface area contributed by atoms with Crippen molar-refractivity contribution < 1.29 is 30.8 Å². The van der Waals surface area contributed by atoms with Gasteiger partial charge in [-0.15, -0.1) is 0 Å². The molecule has 0 spiro atoms. The van der Waals surface area contributed by atoms with Crippen LogP contribution in [0.15, 0.2) is 53.4 Å². The highest BCUT2D eigenvalue weighted by Gasteiger charge is 2.33. The van der Waals surface area contributed by atoms with Crippen molar-refractivity contribution in [3.8, 4) is 0 Å². The number of piperidine rings is 1. The fourth-order valence-corrected chi connectivity index (χ4v) is 4.60. The van der Waals surface area contributed by atoms with Gasteiger partial charge in [0.2, 0.25) is 15.9 Å². The monoisotopic (exact) mass is 430 g/mol. The summed E-state index contributed by atoms with van der Waals surface area (Å²) in [7, 11) is -3.80. The second-order valence-corrected chi connectivity index (χ2v) is 8.64. The minimum Gasteiger partial charge on any atom is -0.326 e. The van der Waals surface area contributed by atoms with Crippen molar-refractivity contribution in [3.63, 3.8) is 0 Å². The number of alkyl halides is 3. The molecule has 1 saturated heterocycles. The molecule has 0 aromatic heterocycles. The molecule has 0 bridgehead atoms. The van der Waals surface area contributed by atoms with Crippen LogP contribution in [0, 0.1) is 11.7 Å². The van der Waals surface area contributed by atoms with Crippen molar-refractivity contribution in [2.45, 2.75) is 23.9 Å². The van der Waals surface area contributed by atoms with Crippen LogP contribution >= 0.6 is 0 Å². The molecule has 1 fully saturated rings. The molecule has 0 unspecified atom stereocenters. The van der Waals surface area contributed by atoms with E-state index in [0.29, 0.717) is 0 Å². The zero-order chi connectivity index (χ0) is 21.2. The molecule has 1 heterocycles. The lowest BCUT2D eigenvalue weighted by molar-refractivity contribution is -0.137. The van der Waals surface area contributed by atoms with Crippen molar-refractivity contribution in [3.05, 3.63) is 59.9 Å². The van der Waals surface area contributed by atoms with Crippen LogP contribution in [0.25, 0.3) is 0 Å². The summed E-state index contributed by atoms with van der Waals surface area (Å²) in [4.78, 5) is 12.4. The molecule has 1 N–H and O–H groups in total. The maximum atomic E-state index is 13.0. The van der Waals surface area contributed by atoms with Crippen molar-refractivity contribution in [1.29, 1.82) is 0 Å². The van der Waals surface area contributed by atoms with Crippen LogP contribution in [0.5, 0.6) is 0 Å². The Balaban J connectivity index is 1.62. The third kappa shape index (κ3) is 4.94. The Bertz CT molecular complexity index is 983. The number of benzene rings is 2. The molecule has 0 atom stereocenters. The van der Waals surface area contributed by atoms with E-state index in [2.05, 4.69) is 5.32 Å². The predicted octanol–water partition coefficient (Wildman–Crippen LogP) is 3.88. The first-order chi connectivity index (χ1) is 13.6. The largest absolute Gasteiger partial charge is 0.416 e. The summed E-state index contributed by atoms with van der Waals surface area (Å²) in [5.74, 6) is -1.53. The van der Waals surface area contributed by atoms with E-state index in [-0.39, 0.29) is 36.5 Å². The molecule has 0 radical (unpaired) electrons. The van der Waals surface area contributed by atoms with Crippen molar-refractivity contribution >= 4 is 21.6 Å². The van der Waals surface area contributed by atoms with Gasteiger partial charge in [-0.05, 0) is 55.3 Å². The molecule has 2 aromatic rings. The topological polar surface area (TPSA) is 66.5 Å². The lowest BCUT2D eigenvalue weighted by atomic mass is 9.97. The van der Waals surface area contributed by atoms with Gasteiger partial charge in [-0.3, -0.25) is 4.79 Å². The summed E-state index contributed by atoms with van der Waals surface area (Å²) in [6, 6.07) is 8.80. The second-order valence-electron chi connectivity index (χ2n) is 6.70. The number of anilines is 1. The highest BCUT2D eigenvalue weighted by atomic mass is 32.2. The lowest BCUT2D eigenvalue weighted by Crippen LogP contribution is -2.41. The van der Waals surface area contributed by atoms with Gasteiger partial charge in [0.15, 0.2) is 0 Å². The standard InChI is InChI=1S/C19H18F4N2O3S/c20-15-4-6-17(7-5-15)29(27,28)25-10-8-13(9-11-25)18(26)24-16-3-1-2-14(12-16)19(21,22)23/h1-7,12-13H,8-11H2,(H,24,26). The number of amides is 1. The number of hydrogen-bond donors (Lipinski definition) is 1. The summed E-state index contributed by atoms with van der Waals surface area (Å²) in [5.41, 5.74) is -0.832. The third-order valence-corrected chi connectivity index (χ3v) is 6.65. The molecule has 29 heavy (non-hydrogen) atoms. The average Bonchev–Trinajstić information content (AvgIpc) is 2.68. The van der Waals surface area contributed by atoms with Gasteiger partial charge in [-0.25, -0.2) is 12.8 Å². The SMILES string of the molecule is O=C(Nc1cccc(C(F)(F)F)c1)C1CCN(S(=O)(=O)c2ccc(F)cc2)CC1. The third-order valence-electron chi connectivity index (χ3n) is 4.73. The van der Waals surface area contributed by atoms with Crippen LogP contribution in [0.2, 0.25) is 0 Å². The first-order valence-corrected chi connectivity index (χ1v) is 10.3. The van der Waals surface area contributed by atoms with Crippen molar-refractivity contribution in [2.24, 2.45) is 5.92 Å². The number of nitrogens with one attached hydrogen (secondary N) is 1. The Kier molecular flexibility index (Phi) is 5.95. The van der Waals surface area contributed by atoms with E-state index in [0.717, 1.165) is 24.3 Å². The fraction of sp³-hybridized carbons (Fsp3) is 0.316. The molecule has 5 nitrogen and oxygen atoms in total. The van der Waals surface area contributed by atoms with Gasteiger partial charge < -0.3 is 5.32 Å². The van der Waals surface area contributed by atoms with Gasteiger partial charge in [-0.1, -0.05) is 6.07 Å². The molecule has 1 amide bonds. The number of hydrogen-bond acceptors (Lipinski definition) is 3. The summed E-state index contributed by atoms with van der Waals surface area (Å²) < 4.78 is 77.8. The number of nitrogens with zero attached hydrogens (tertiary/aromatic N) is 1. The summed E-state index contributed by atoms with van der Waals surface area (Å²) in [6.45, 7) is 0.167. The minimum atomic E-state index is -4.51. The molecule has 1 aliphatic heterocycles. The minimum absolute atomic E-state index is 0.0335. The number of rotatable bonds is 4. The Morgan fingerprint density at radius 3 is 2.24 bits per heavy atom. The van der Waals surface area contributed by atoms with Crippen molar-refractivity contribution in [1.82, 2.24) is 4.31 Å². The van der Waals surface area contributed by atoms with E-state index in [1.54, 1.807) is 0 Å². The van der Waals surface area contributed by atoms with Gasteiger partial charge in [-0.2, -0.15) is 17.5 Å². The van der Waals surface area contributed by atoms with Crippen LogP contribution in [-0.2, 0) is 21.0 Å². The van der Waals surface area contributed by atoms with Gasteiger partial charge in [0.05, 0.1) is 10.5 Å². The fourth-order valence-electron chi connectivity index (χ4n) is 3.13. The predicted molar refractivity (Wildman–Crippen MR) is 98.0 cm³/mol. The first kappa shape index (κ1) is 21.3. The quantitative estimate of drug-likeness (QED) is 0.749. The van der Waals surface area contributed by atoms with Crippen LogP contribution in [0.3, 0.4) is 0 Å². The average molecular weight is 430 g/mol. The number of sulfonamides is 1. The number of carbonyl (C=O) groups is 1. The highest BCUT2D eigenvalue weighted by molar-refractivity contribution is 7.89. The maximum absolute atomic E-state index is 13.0. The van der Waals surface area contributed by atoms with E-state index < -0.39 is 39.4 Å². The molecule has 10 heteroatoms. The highest BCUT2D eigenvalue weighted by Crippen LogP contribution is 2.31. The van der Waals surface area contributed by atoms with E-state index in [4.69, 9.17) is 0 Å². The van der Waals surface area contributed by atoms with Gasteiger partial charge in [0.25, 0.3) is 0 Å². The van der Waals surface area contributed by atoms with Gasteiger partial charge in [0, 0.05) is 24.7 Å². The summed E-state index contributed by atoms with van der Waals surface area (Å²) in [5, 5.41) is 2.47. The van der Waals surface area contributed by atoms with Crippen LogP contribution < -0.4 is 5.32 Å². The zero-order valence-electron chi connectivity index (χ0n) is 15.1. The first-order valence-electron chi connectivity index (χ1n) is 8.81. The Morgan fingerprint density at radius 2 is 1.66 bits per heavy atom. The van der Waals surface area contributed by atoms with Crippen LogP contribution in [0.1, 0.15) is 18.4 Å². The molecule has 0 aliphatic carbocycles. The zero-order valence-corrected chi connectivity index (χ0v) is 15.9. The maximum Gasteiger partial charge on any atom is 0.416 e. The number of carbonyl (C=O) groups excluding carboxylic acids is 1. The molecular formula is C19H18F4N2O3S. The van der Waals surface area contributed by atoms with E-state index >= 15 is 0 Å². The molecule has 0 saturated carbocycles. The Hall–Kier alpha value is -2.46. The van der Waals surface area contributed by atoms with Crippen LogP contribution in [-0.4, -0.2) is 31.7 Å². The Morgan fingerprint density at radius 1 is 1.03 bits per heavy atom. The van der Waals surface area contributed by atoms with Gasteiger partial charge in [0.1, 0.15) is 5.82 Å². The summed E-state index contributed by atoms with van der Waals surface area (Å²) in [6.07, 6.45) is -4.06. The molecule has 3 rings (SSSR count). The van der Waals surface area contributed by atoms with Crippen molar-refractivity contribution in [2.75, 3.05) is 18.4 Å². The van der Waals surface area contributed by atoms with Crippen LogP contribution in [0.4, 0.5) is 23.2 Å². The smallest absolute Gasteiger partial charge is 0.326 e. The van der Waals surface area contributed by atoms with E-state index in [1.807, 2.05) is 0 Å². The Labute approximate surface area is 165 Å². The van der Waals surface area contributed by atoms with E-state index in [9.17, 15) is 30.8 Å². The molecule has 2 aromatic carbocycles. The lowest BCUT2D eigenvalue weighted by Gasteiger charge is -2.30.